The van der Waals surface area contributed by atoms with Crippen LogP contribution in [0.5, 0.6) is 0 Å². The van der Waals surface area contributed by atoms with E-state index in [4.69, 9.17) is 13.8 Å². The van der Waals surface area contributed by atoms with Crippen molar-refractivity contribution in [3.63, 3.8) is 0 Å². The fraction of sp³-hybridized carbons (Fsp3) is 0.625. The lowest BCUT2D eigenvalue weighted by atomic mass is 10.0. The molecule has 8 nitrogen and oxygen atoms in total. The maximum Gasteiger partial charge on any atom is 0.357 e. The molecular formula is C16H25N2O6P. The summed E-state index contributed by atoms with van der Waals surface area (Å²) in [7, 11) is -3.37. The van der Waals surface area contributed by atoms with Crippen LogP contribution in [0.4, 0.5) is 0 Å². The number of hydrogen-bond acceptors (Lipinski definition) is 6. The number of aryl methyl sites for hydroxylation is 1. The lowest BCUT2D eigenvalue weighted by Gasteiger charge is -2.34. The summed E-state index contributed by atoms with van der Waals surface area (Å²) in [5.41, 5.74) is -1.37. The van der Waals surface area contributed by atoms with Crippen LogP contribution in [0, 0.1) is 6.92 Å². The molecule has 0 fully saturated rings. The van der Waals surface area contributed by atoms with Crippen molar-refractivity contribution in [2.75, 3.05) is 19.8 Å². The van der Waals surface area contributed by atoms with Crippen LogP contribution in [0.2, 0.25) is 0 Å². The van der Waals surface area contributed by atoms with Crippen LogP contribution in [0.15, 0.2) is 27.2 Å². The Labute approximate surface area is 146 Å². The Morgan fingerprint density at radius 2 is 1.96 bits per heavy atom. The van der Waals surface area contributed by atoms with E-state index < -0.39 is 24.4 Å². The maximum atomic E-state index is 13.0. The lowest BCUT2D eigenvalue weighted by molar-refractivity contribution is -0.0149. The van der Waals surface area contributed by atoms with Crippen LogP contribution >= 0.6 is 7.60 Å². The first-order chi connectivity index (χ1) is 11.7. The number of hydrogen-bond donors (Lipinski definition) is 1. The summed E-state index contributed by atoms with van der Waals surface area (Å²) in [5.74, 6) is 0. The van der Waals surface area contributed by atoms with Crippen LogP contribution in [0.1, 0.15) is 32.8 Å². The van der Waals surface area contributed by atoms with Crippen molar-refractivity contribution < 1.29 is 18.3 Å². The molecule has 0 saturated carbocycles. The van der Waals surface area contributed by atoms with E-state index in [1.807, 2.05) is 0 Å². The van der Waals surface area contributed by atoms with Crippen molar-refractivity contribution in [1.82, 2.24) is 9.55 Å². The molecule has 1 N–H and O–H groups in total. The second kappa shape index (κ2) is 7.83. The monoisotopic (exact) mass is 372 g/mol. The quantitative estimate of drug-likeness (QED) is 0.737. The van der Waals surface area contributed by atoms with E-state index in [0.717, 1.165) is 0 Å². The van der Waals surface area contributed by atoms with Crippen LogP contribution in [-0.4, -0.2) is 35.0 Å². The molecule has 1 atom stereocenters. The van der Waals surface area contributed by atoms with Crippen molar-refractivity contribution in [3.8, 4) is 0 Å². The first-order valence-electron chi connectivity index (χ1n) is 8.29. The Morgan fingerprint density at radius 3 is 2.56 bits per heavy atom. The molecule has 0 aromatic carbocycles. The first-order valence-corrected chi connectivity index (χ1v) is 9.83. The average molecular weight is 372 g/mol. The van der Waals surface area contributed by atoms with E-state index in [1.165, 1.54) is 10.8 Å². The molecular weight excluding hydrogens is 347 g/mol. The Balaban J connectivity index is 2.37. The van der Waals surface area contributed by atoms with Gasteiger partial charge in [0, 0.05) is 23.5 Å². The molecule has 0 saturated heterocycles. The summed E-state index contributed by atoms with van der Waals surface area (Å²) >= 11 is 0. The smallest absolute Gasteiger partial charge is 0.357 e. The molecule has 1 aromatic heterocycles. The number of aromatic nitrogens is 2. The zero-order valence-corrected chi connectivity index (χ0v) is 15.9. The van der Waals surface area contributed by atoms with Crippen LogP contribution in [0.25, 0.3) is 0 Å². The predicted octanol–water partition coefficient (Wildman–Crippen LogP) is 2.17. The van der Waals surface area contributed by atoms with E-state index in [1.54, 1.807) is 33.8 Å². The van der Waals surface area contributed by atoms with E-state index in [-0.39, 0.29) is 19.8 Å². The third-order valence-electron chi connectivity index (χ3n) is 3.89. The second-order valence-electron chi connectivity index (χ2n) is 6.08. The molecule has 0 radical (unpaired) electrons. The molecule has 25 heavy (non-hydrogen) atoms. The highest BCUT2D eigenvalue weighted by molar-refractivity contribution is 7.58. The van der Waals surface area contributed by atoms with Gasteiger partial charge in [0.05, 0.1) is 26.4 Å². The molecule has 1 aromatic rings. The summed E-state index contributed by atoms with van der Waals surface area (Å²) in [4.78, 5) is 25.8. The number of ether oxygens (including phenoxy) is 1. The third-order valence-corrected chi connectivity index (χ3v) is 6.14. The van der Waals surface area contributed by atoms with E-state index in [2.05, 4.69) is 4.98 Å². The Morgan fingerprint density at radius 1 is 1.32 bits per heavy atom. The van der Waals surface area contributed by atoms with Crippen LogP contribution in [0.3, 0.4) is 0 Å². The molecule has 9 heteroatoms. The summed E-state index contributed by atoms with van der Waals surface area (Å²) < 4.78 is 31.0. The molecule has 0 aliphatic carbocycles. The van der Waals surface area contributed by atoms with Crippen LogP contribution < -0.4 is 11.2 Å². The highest BCUT2D eigenvalue weighted by Gasteiger charge is 2.37. The molecule has 1 unspecified atom stereocenters. The van der Waals surface area contributed by atoms with Crippen molar-refractivity contribution in [1.29, 1.82) is 0 Å². The van der Waals surface area contributed by atoms with Crippen molar-refractivity contribution >= 4 is 7.60 Å². The molecule has 0 bridgehead atoms. The Kier molecular flexibility index (Phi) is 6.21. The Bertz CT molecular complexity index is 802. The highest BCUT2D eigenvalue weighted by atomic mass is 31.2. The van der Waals surface area contributed by atoms with Gasteiger partial charge in [-0.25, -0.2) is 4.79 Å². The predicted molar refractivity (Wildman–Crippen MR) is 94.0 cm³/mol. The highest BCUT2D eigenvalue weighted by Crippen LogP contribution is 2.58. The summed E-state index contributed by atoms with van der Waals surface area (Å²) in [6, 6.07) is 0. The molecule has 0 spiro atoms. The normalized spacial score (nSPS) is 21.2. The molecule has 1 aliphatic heterocycles. The van der Waals surface area contributed by atoms with Gasteiger partial charge in [-0.3, -0.25) is 18.9 Å². The topological polar surface area (TPSA) is 99.6 Å². The minimum Gasteiger partial charge on any atom is -0.369 e. The zero-order valence-electron chi connectivity index (χ0n) is 15.0. The number of rotatable bonds is 7. The van der Waals surface area contributed by atoms with Gasteiger partial charge in [0.2, 0.25) is 0 Å². The number of nitrogens with zero attached hydrogens (tertiary/aromatic N) is 1. The van der Waals surface area contributed by atoms with Gasteiger partial charge < -0.3 is 13.8 Å². The zero-order chi connectivity index (χ0) is 18.7. The van der Waals surface area contributed by atoms with E-state index in [9.17, 15) is 14.2 Å². The first kappa shape index (κ1) is 19.8. The van der Waals surface area contributed by atoms with Gasteiger partial charge in [-0.05, 0) is 33.8 Å². The van der Waals surface area contributed by atoms with E-state index in [0.29, 0.717) is 23.9 Å². The summed E-state index contributed by atoms with van der Waals surface area (Å²) in [5, 5.41) is 0.555. The van der Waals surface area contributed by atoms with Crippen molar-refractivity contribution in [3.05, 3.63) is 44.0 Å². The van der Waals surface area contributed by atoms with Gasteiger partial charge in [0.1, 0.15) is 5.60 Å². The molecule has 2 rings (SSSR count). The lowest BCUT2D eigenvalue weighted by Crippen LogP contribution is -2.41. The molecule has 0 amide bonds. The average Bonchev–Trinajstić information content (AvgIpc) is 2.53. The van der Waals surface area contributed by atoms with Gasteiger partial charge in [-0.2, -0.15) is 0 Å². The largest absolute Gasteiger partial charge is 0.369 e. The summed E-state index contributed by atoms with van der Waals surface area (Å²) in [6.07, 6.45) is 3.64. The van der Waals surface area contributed by atoms with Gasteiger partial charge in [-0.15, -0.1) is 0 Å². The summed E-state index contributed by atoms with van der Waals surface area (Å²) in [6.45, 7) is 7.98. The van der Waals surface area contributed by atoms with Crippen molar-refractivity contribution in [2.24, 2.45) is 0 Å². The molecule has 140 valence electrons. The van der Waals surface area contributed by atoms with E-state index >= 15 is 0 Å². The van der Waals surface area contributed by atoms with Gasteiger partial charge >= 0.3 is 13.3 Å². The maximum absolute atomic E-state index is 13.0. The van der Waals surface area contributed by atoms with Gasteiger partial charge in [0.15, 0.2) is 0 Å². The molecule has 1 aliphatic rings. The minimum atomic E-state index is -3.37. The standard InChI is InChI=1S/C16H25N2O6P/c1-5-23-25(21,24-6-2)13-7-8-22-16(4,9-13)11-18-10-12(3)14(19)17-15(18)20/h9-10H,5-8,11H2,1-4H3,(H,17,19,20). The third kappa shape index (κ3) is 4.58. The Hall–Kier alpha value is -1.47. The van der Waals surface area contributed by atoms with Crippen molar-refractivity contribution in [2.45, 2.75) is 46.3 Å². The number of nitrogens with one attached hydrogen (secondary N) is 1. The number of aromatic amines is 1. The number of H-pyrrole nitrogens is 1. The van der Waals surface area contributed by atoms with Gasteiger partial charge in [-0.1, -0.05) is 0 Å². The van der Waals surface area contributed by atoms with Crippen LogP contribution in [-0.2, 0) is 24.9 Å². The minimum absolute atomic E-state index is 0.172. The molecule has 2 heterocycles. The fourth-order valence-electron chi connectivity index (χ4n) is 2.78. The second-order valence-corrected chi connectivity index (χ2v) is 8.16. The SMILES string of the molecule is CCOP(=O)(OCC)C1=CC(C)(Cn2cc(C)c(=O)[nH]c2=O)OCC1. The fourth-order valence-corrected chi connectivity index (χ4v) is 4.66. The van der Waals surface area contributed by atoms with Gasteiger partial charge in [0.25, 0.3) is 5.56 Å².